The molecule has 1 saturated heterocycles. The van der Waals surface area contributed by atoms with Gasteiger partial charge in [-0.1, -0.05) is 0 Å². The maximum atomic E-state index is 12.0. The first-order valence-corrected chi connectivity index (χ1v) is 6.48. The fraction of sp³-hybridized carbons (Fsp3) is 0.909. The van der Waals surface area contributed by atoms with Crippen LogP contribution in [0.25, 0.3) is 0 Å². The van der Waals surface area contributed by atoms with Crippen molar-refractivity contribution in [3.63, 3.8) is 0 Å². The summed E-state index contributed by atoms with van der Waals surface area (Å²) < 4.78 is 41.4. The molecule has 0 atom stereocenters. The fourth-order valence-electron chi connectivity index (χ4n) is 1.89. The van der Waals surface area contributed by atoms with Gasteiger partial charge < -0.3 is 9.64 Å². The number of halogens is 4. The smallest absolute Gasteiger partial charge is 0.377 e. The highest BCUT2D eigenvalue weighted by Gasteiger charge is 2.30. The zero-order valence-corrected chi connectivity index (χ0v) is 10.8. The van der Waals surface area contributed by atoms with Gasteiger partial charge in [-0.05, 0) is 12.8 Å². The number of alkyl halides is 4. The summed E-state index contributed by atoms with van der Waals surface area (Å²) >= 11 is 5.49. The first-order chi connectivity index (χ1) is 8.42. The van der Waals surface area contributed by atoms with E-state index < -0.39 is 24.9 Å². The highest BCUT2D eigenvalue weighted by Crippen LogP contribution is 2.23. The molecule has 7 heteroatoms. The number of hydrogen-bond acceptors (Lipinski definition) is 2. The van der Waals surface area contributed by atoms with E-state index in [-0.39, 0.29) is 6.10 Å². The van der Waals surface area contributed by atoms with E-state index in [1.165, 1.54) is 4.90 Å². The Hall–Kier alpha value is -0.490. The molecule has 0 unspecified atom stereocenters. The Morgan fingerprint density at radius 1 is 1.33 bits per heavy atom. The van der Waals surface area contributed by atoms with E-state index in [4.69, 9.17) is 16.3 Å². The number of piperidine rings is 1. The Morgan fingerprint density at radius 2 is 1.94 bits per heavy atom. The van der Waals surface area contributed by atoms with Crippen molar-refractivity contribution in [1.29, 1.82) is 0 Å². The molecule has 0 saturated carbocycles. The normalized spacial score (nSPS) is 18.1. The third kappa shape index (κ3) is 5.91. The van der Waals surface area contributed by atoms with E-state index in [1.54, 1.807) is 0 Å². The second-order valence-corrected chi connectivity index (χ2v) is 4.63. The van der Waals surface area contributed by atoms with Gasteiger partial charge >= 0.3 is 6.18 Å². The zero-order chi connectivity index (χ0) is 13.6. The minimum atomic E-state index is -4.27. The lowest BCUT2D eigenvalue weighted by Crippen LogP contribution is -2.41. The van der Waals surface area contributed by atoms with Gasteiger partial charge in [0.1, 0.15) is 0 Å². The molecule has 1 aliphatic heterocycles. The van der Waals surface area contributed by atoms with Crippen LogP contribution in [0.1, 0.15) is 25.7 Å². The Labute approximate surface area is 109 Å². The maximum Gasteiger partial charge on any atom is 0.389 e. The Morgan fingerprint density at radius 3 is 2.44 bits per heavy atom. The molecule has 0 bridgehead atoms. The van der Waals surface area contributed by atoms with Crippen LogP contribution < -0.4 is 0 Å². The molecule has 0 spiro atoms. The van der Waals surface area contributed by atoms with Crippen LogP contribution in [0.4, 0.5) is 13.2 Å². The van der Waals surface area contributed by atoms with E-state index in [0.717, 1.165) is 0 Å². The molecule has 1 aliphatic rings. The Balaban J connectivity index is 2.23. The van der Waals surface area contributed by atoms with Crippen molar-refractivity contribution < 1.29 is 22.7 Å². The molecule has 0 radical (unpaired) electrons. The van der Waals surface area contributed by atoms with Gasteiger partial charge in [-0.15, -0.1) is 11.6 Å². The van der Waals surface area contributed by atoms with Crippen LogP contribution in [-0.2, 0) is 9.53 Å². The van der Waals surface area contributed by atoms with Gasteiger partial charge in [-0.2, -0.15) is 13.2 Å². The molecule has 0 aromatic carbocycles. The monoisotopic (exact) mass is 287 g/mol. The van der Waals surface area contributed by atoms with Gasteiger partial charge in [0, 0.05) is 25.4 Å². The molecule has 18 heavy (non-hydrogen) atoms. The average molecular weight is 288 g/mol. The number of ether oxygens (including phenoxy) is 1. The summed E-state index contributed by atoms with van der Waals surface area (Å²) in [6, 6.07) is 0. The number of nitrogens with zero attached hydrogens (tertiary/aromatic N) is 1. The first-order valence-electron chi connectivity index (χ1n) is 5.94. The summed E-state index contributed by atoms with van der Waals surface area (Å²) in [6.45, 7) is 1.39. The topological polar surface area (TPSA) is 29.5 Å². The van der Waals surface area contributed by atoms with Crippen LogP contribution in [0.5, 0.6) is 0 Å². The summed E-state index contributed by atoms with van der Waals surface area (Å²) in [5.74, 6) is -0.00631. The number of likely N-dealkylation sites (tertiary alicyclic amines) is 1. The number of hydrogen-bond donors (Lipinski definition) is 0. The number of carbonyl (C=O) groups excluding carboxylic acids is 1. The predicted octanol–water partition coefficient (Wildman–Crippen LogP) is 2.58. The second-order valence-electron chi connectivity index (χ2n) is 4.26. The van der Waals surface area contributed by atoms with Crippen molar-refractivity contribution in [2.45, 2.75) is 38.0 Å². The zero-order valence-electron chi connectivity index (χ0n) is 10.0. The summed E-state index contributed by atoms with van der Waals surface area (Å²) in [5.41, 5.74) is 0. The lowest BCUT2D eigenvalue weighted by molar-refractivity contribution is -0.150. The molecule has 0 aromatic rings. The molecular formula is C11H17ClF3NO2. The second kappa shape index (κ2) is 7.19. The van der Waals surface area contributed by atoms with Gasteiger partial charge in [0.05, 0.1) is 19.1 Å². The predicted molar refractivity (Wildman–Crippen MR) is 61.6 cm³/mol. The fourth-order valence-corrected chi connectivity index (χ4v) is 1.98. The lowest BCUT2D eigenvalue weighted by atomic mass is 10.1. The van der Waals surface area contributed by atoms with Gasteiger partial charge in [0.2, 0.25) is 5.91 Å². The van der Waals surface area contributed by atoms with Crippen molar-refractivity contribution >= 4 is 17.5 Å². The van der Waals surface area contributed by atoms with Gasteiger partial charge in [-0.25, -0.2) is 0 Å². The molecule has 0 aliphatic carbocycles. The van der Waals surface area contributed by atoms with Crippen LogP contribution in [0.2, 0.25) is 0 Å². The van der Waals surface area contributed by atoms with Crippen molar-refractivity contribution in [2.24, 2.45) is 0 Å². The van der Waals surface area contributed by atoms with Crippen LogP contribution in [-0.4, -0.2) is 48.7 Å². The molecule has 1 amide bonds. The minimum Gasteiger partial charge on any atom is -0.377 e. The quantitative estimate of drug-likeness (QED) is 0.728. The minimum absolute atomic E-state index is 0.0652. The SMILES string of the molecule is O=C(CCC(F)(F)F)N1CCC(OCCCl)CC1. The third-order valence-corrected chi connectivity index (χ3v) is 3.00. The maximum absolute atomic E-state index is 12.0. The van der Waals surface area contributed by atoms with Crippen LogP contribution in [0.15, 0.2) is 0 Å². The molecule has 3 nitrogen and oxygen atoms in total. The number of rotatable bonds is 5. The Bertz CT molecular complexity index is 266. The highest BCUT2D eigenvalue weighted by molar-refractivity contribution is 6.17. The summed E-state index contributed by atoms with van der Waals surface area (Å²) in [4.78, 5) is 13.0. The van der Waals surface area contributed by atoms with Crippen LogP contribution in [0, 0.1) is 0 Å². The summed E-state index contributed by atoms with van der Waals surface area (Å²) in [7, 11) is 0. The van der Waals surface area contributed by atoms with Gasteiger partial charge in [0.25, 0.3) is 0 Å². The number of carbonyl (C=O) groups is 1. The van der Waals surface area contributed by atoms with E-state index in [2.05, 4.69) is 0 Å². The van der Waals surface area contributed by atoms with Crippen molar-refractivity contribution in [1.82, 2.24) is 4.90 Å². The van der Waals surface area contributed by atoms with Gasteiger partial charge in [-0.3, -0.25) is 4.79 Å². The largest absolute Gasteiger partial charge is 0.389 e. The van der Waals surface area contributed by atoms with E-state index in [0.29, 0.717) is 38.4 Å². The van der Waals surface area contributed by atoms with E-state index in [9.17, 15) is 18.0 Å². The molecule has 1 fully saturated rings. The third-order valence-electron chi connectivity index (χ3n) is 2.85. The lowest BCUT2D eigenvalue weighted by Gasteiger charge is -2.32. The Kier molecular flexibility index (Phi) is 6.21. The van der Waals surface area contributed by atoms with Crippen LogP contribution in [0.3, 0.4) is 0 Å². The molecule has 106 valence electrons. The molecular weight excluding hydrogens is 271 g/mol. The van der Waals surface area contributed by atoms with Crippen LogP contribution >= 0.6 is 11.6 Å². The molecule has 1 rings (SSSR count). The summed E-state index contributed by atoms with van der Waals surface area (Å²) in [6.07, 6.45) is -4.39. The van der Waals surface area contributed by atoms with E-state index in [1.807, 2.05) is 0 Å². The van der Waals surface area contributed by atoms with Crippen molar-refractivity contribution in [3.8, 4) is 0 Å². The highest BCUT2D eigenvalue weighted by atomic mass is 35.5. The first kappa shape index (κ1) is 15.6. The van der Waals surface area contributed by atoms with E-state index >= 15 is 0 Å². The number of amides is 1. The molecule has 1 heterocycles. The average Bonchev–Trinajstić information content (AvgIpc) is 2.33. The van der Waals surface area contributed by atoms with Crippen molar-refractivity contribution in [3.05, 3.63) is 0 Å². The summed E-state index contributed by atoms with van der Waals surface area (Å²) in [5, 5.41) is 0. The standard InChI is InChI=1S/C11H17ClF3NO2/c12-5-8-18-9-2-6-16(7-3-9)10(17)1-4-11(13,14)15/h9H,1-8H2. The van der Waals surface area contributed by atoms with Gasteiger partial charge in [0.15, 0.2) is 0 Å². The molecule has 0 N–H and O–H groups in total. The molecule has 0 aromatic heterocycles. The van der Waals surface area contributed by atoms with Crippen molar-refractivity contribution in [2.75, 3.05) is 25.6 Å².